The fourth-order valence-corrected chi connectivity index (χ4v) is 2.90. The lowest BCUT2D eigenvalue weighted by atomic mass is 9.91. The number of nitrogens with one attached hydrogen (secondary N) is 1. The summed E-state index contributed by atoms with van der Waals surface area (Å²) in [6, 6.07) is 8.87. The molecule has 2 aromatic rings. The molecule has 1 saturated heterocycles. The van der Waals surface area contributed by atoms with Crippen LogP contribution in [0, 0.1) is 11.6 Å². The Morgan fingerprint density at radius 3 is 2.58 bits per heavy atom. The SMILES string of the molecule is C[C@]1(c2cc(F)ccc2F)NC(=O)N(Cc2ccccc2Cl)C1=O. The van der Waals surface area contributed by atoms with Gasteiger partial charge in [-0.15, -0.1) is 0 Å². The van der Waals surface area contributed by atoms with Crippen LogP contribution in [0.15, 0.2) is 42.5 Å². The molecule has 0 radical (unpaired) electrons. The van der Waals surface area contributed by atoms with Crippen molar-refractivity contribution >= 4 is 23.5 Å². The van der Waals surface area contributed by atoms with E-state index in [2.05, 4.69) is 5.32 Å². The first kappa shape index (κ1) is 16.4. The predicted molar refractivity (Wildman–Crippen MR) is 84.2 cm³/mol. The minimum Gasteiger partial charge on any atom is -0.319 e. The molecule has 3 rings (SSSR count). The Balaban J connectivity index is 1.96. The highest BCUT2D eigenvalue weighted by Crippen LogP contribution is 2.32. The molecule has 0 aromatic heterocycles. The fourth-order valence-electron chi connectivity index (χ4n) is 2.70. The molecule has 0 unspecified atom stereocenters. The van der Waals surface area contributed by atoms with Crippen molar-refractivity contribution in [3.05, 3.63) is 70.2 Å². The minimum absolute atomic E-state index is 0.0587. The number of urea groups is 1. The van der Waals surface area contributed by atoms with Crippen molar-refractivity contribution in [3.63, 3.8) is 0 Å². The van der Waals surface area contributed by atoms with Gasteiger partial charge in [0.05, 0.1) is 6.54 Å². The van der Waals surface area contributed by atoms with Crippen molar-refractivity contribution in [2.24, 2.45) is 0 Å². The summed E-state index contributed by atoms with van der Waals surface area (Å²) in [5.74, 6) is -2.14. The monoisotopic (exact) mass is 350 g/mol. The Morgan fingerprint density at radius 2 is 1.88 bits per heavy atom. The molecule has 3 amide bonds. The molecule has 1 heterocycles. The van der Waals surface area contributed by atoms with Crippen LogP contribution in [-0.2, 0) is 16.9 Å². The second-order valence-electron chi connectivity index (χ2n) is 5.66. The van der Waals surface area contributed by atoms with E-state index in [4.69, 9.17) is 11.6 Å². The van der Waals surface area contributed by atoms with Crippen molar-refractivity contribution in [1.82, 2.24) is 10.2 Å². The molecule has 1 aliphatic rings. The van der Waals surface area contributed by atoms with Crippen LogP contribution in [0.2, 0.25) is 5.02 Å². The topological polar surface area (TPSA) is 49.4 Å². The van der Waals surface area contributed by atoms with Crippen molar-refractivity contribution in [2.75, 3.05) is 0 Å². The van der Waals surface area contributed by atoms with E-state index in [9.17, 15) is 18.4 Å². The average molecular weight is 351 g/mol. The molecule has 1 N–H and O–H groups in total. The second-order valence-corrected chi connectivity index (χ2v) is 6.07. The van der Waals surface area contributed by atoms with Gasteiger partial charge in [0.2, 0.25) is 0 Å². The van der Waals surface area contributed by atoms with Gasteiger partial charge in [0.15, 0.2) is 0 Å². The van der Waals surface area contributed by atoms with Crippen molar-refractivity contribution < 1.29 is 18.4 Å². The summed E-state index contributed by atoms with van der Waals surface area (Å²) >= 11 is 6.05. The Kier molecular flexibility index (Phi) is 4.01. The van der Waals surface area contributed by atoms with Crippen molar-refractivity contribution in [1.29, 1.82) is 0 Å². The largest absolute Gasteiger partial charge is 0.325 e. The summed E-state index contributed by atoms with van der Waals surface area (Å²) in [6.45, 7) is 1.29. The zero-order chi connectivity index (χ0) is 17.5. The Hall–Kier alpha value is -2.47. The maximum Gasteiger partial charge on any atom is 0.325 e. The van der Waals surface area contributed by atoms with Gasteiger partial charge in [-0.25, -0.2) is 13.6 Å². The third-order valence-electron chi connectivity index (χ3n) is 4.03. The molecular formula is C17H13ClF2N2O2. The van der Waals surface area contributed by atoms with E-state index < -0.39 is 29.1 Å². The first-order valence-electron chi connectivity index (χ1n) is 7.16. The smallest absolute Gasteiger partial charge is 0.319 e. The summed E-state index contributed by atoms with van der Waals surface area (Å²) in [5.41, 5.74) is -1.32. The van der Waals surface area contributed by atoms with Crippen LogP contribution in [0.25, 0.3) is 0 Å². The van der Waals surface area contributed by atoms with Crippen LogP contribution in [0.3, 0.4) is 0 Å². The van der Waals surface area contributed by atoms with Gasteiger partial charge in [-0.1, -0.05) is 29.8 Å². The zero-order valence-corrected chi connectivity index (χ0v) is 13.4. The summed E-state index contributed by atoms with van der Waals surface area (Å²) in [6.07, 6.45) is 0. The first-order chi connectivity index (χ1) is 11.3. The number of hydrogen-bond acceptors (Lipinski definition) is 2. The summed E-state index contributed by atoms with van der Waals surface area (Å²) in [5, 5.41) is 2.85. The normalized spacial score (nSPS) is 20.4. The molecule has 124 valence electrons. The average Bonchev–Trinajstić information content (AvgIpc) is 2.76. The quantitative estimate of drug-likeness (QED) is 0.860. The van der Waals surface area contributed by atoms with Crippen LogP contribution < -0.4 is 5.32 Å². The van der Waals surface area contributed by atoms with E-state index in [1.54, 1.807) is 24.3 Å². The highest BCUT2D eigenvalue weighted by Gasteiger charge is 2.50. The number of carbonyl (C=O) groups excluding carboxylic acids is 2. The van der Waals surface area contributed by atoms with E-state index in [0.29, 0.717) is 10.6 Å². The molecule has 0 aliphatic carbocycles. The van der Waals surface area contributed by atoms with Crippen LogP contribution >= 0.6 is 11.6 Å². The maximum absolute atomic E-state index is 14.1. The number of rotatable bonds is 3. The second kappa shape index (κ2) is 5.87. The number of benzene rings is 2. The maximum atomic E-state index is 14.1. The summed E-state index contributed by atoms with van der Waals surface area (Å²) in [7, 11) is 0. The molecular weight excluding hydrogens is 338 g/mol. The van der Waals surface area contributed by atoms with Gasteiger partial charge in [0, 0.05) is 10.6 Å². The lowest BCUT2D eigenvalue weighted by Crippen LogP contribution is -2.41. The van der Waals surface area contributed by atoms with Crippen LogP contribution in [0.4, 0.5) is 13.6 Å². The standard InChI is InChI=1S/C17H13ClF2N2O2/c1-17(12-8-11(19)6-7-14(12)20)15(23)22(16(24)21-17)9-10-4-2-3-5-13(10)18/h2-8H,9H2,1H3,(H,21,24)/t17-/m1/s1. The van der Waals surface area contributed by atoms with Crippen molar-refractivity contribution in [3.8, 4) is 0 Å². The van der Waals surface area contributed by atoms with Gasteiger partial charge in [0.1, 0.15) is 17.2 Å². The highest BCUT2D eigenvalue weighted by atomic mass is 35.5. The van der Waals surface area contributed by atoms with Gasteiger partial charge in [-0.2, -0.15) is 0 Å². The predicted octanol–water partition coefficient (Wildman–Crippen LogP) is 3.59. The van der Waals surface area contributed by atoms with E-state index in [0.717, 1.165) is 23.1 Å². The molecule has 0 spiro atoms. The lowest BCUT2D eigenvalue weighted by molar-refractivity contribution is -0.131. The van der Waals surface area contributed by atoms with E-state index in [1.165, 1.54) is 6.92 Å². The van der Waals surface area contributed by atoms with Gasteiger partial charge in [0.25, 0.3) is 5.91 Å². The van der Waals surface area contributed by atoms with Crippen molar-refractivity contribution in [2.45, 2.75) is 19.0 Å². The highest BCUT2D eigenvalue weighted by molar-refractivity contribution is 6.31. The van der Waals surface area contributed by atoms with Crippen LogP contribution in [0.1, 0.15) is 18.1 Å². The fraction of sp³-hybridized carbons (Fsp3) is 0.176. The minimum atomic E-state index is -1.68. The van der Waals surface area contributed by atoms with E-state index in [-0.39, 0.29) is 12.1 Å². The number of carbonyl (C=O) groups is 2. The van der Waals surface area contributed by atoms with E-state index in [1.807, 2.05) is 0 Å². The Morgan fingerprint density at radius 1 is 1.17 bits per heavy atom. The zero-order valence-electron chi connectivity index (χ0n) is 12.6. The Bertz CT molecular complexity index is 843. The first-order valence-corrected chi connectivity index (χ1v) is 7.54. The van der Waals surface area contributed by atoms with Gasteiger partial charge >= 0.3 is 6.03 Å². The molecule has 1 fully saturated rings. The van der Waals surface area contributed by atoms with Gasteiger partial charge in [-0.3, -0.25) is 9.69 Å². The molecule has 1 aliphatic heterocycles. The molecule has 0 saturated carbocycles. The number of hydrogen-bond donors (Lipinski definition) is 1. The van der Waals surface area contributed by atoms with Crippen LogP contribution in [-0.4, -0.2) is 16.8 Å². The molecule has 24 heavy (non-hydrogen) atoms. The molecule has 7 heteroatoms. The lowest BCUT2D eigenvalue weighted by Gasteiger charge is -2.23. The third kappa shape index (κ3) is 2.63. The number of amides is 3. The summed E-state index contributed by atoms with van der Waals surface area (Å²) < 4.78 is 27.5. The molecule has 1 atom stereocenters. The molecule has 4 nitrogen and oxygen atoms in total. The number of imide groups is 1. The third-order valence-corrected chi connectivity index (χ3v) is 4.40. The van der Waals surface area contributed by atoms with Crippen LogP contribution in [0.5, 0.6) is 0 Å². The molecule has 0 bridgehead atoms. The van der Waals surface area contributed by atoms with Gasteiger partial charge < -0.3 is 5.32 Å². The Labute approximate surface area is 142 Å². The number of halogens is 3. The molecule has 2 aromatic carbocycles. The summed E-state index contributed by atoms with van der Waals surface area (Å²) in [4.78, 5) is 25.9. The van der Waals surface area contributed by atoms with Gasteiger partial charge in [-0.05, 0) is 36.8 Å². The number of nitrogens with zero attached hydrogens (tertiary/aromatic N) is 1. The van der Waals surface area contributed by atoms with E-state index >= 15 is 0 Å².